The van der Waals surface area contributed by atoms with Gasteiger partial charge in [-0.1, -0.05) is 0 Å². The summed E-state index contributed by atoms with van der Waals surface area (Å²) in [5.74, 6) is 0.804. The average molecular weight is 235 g/mol. The molecule has 0 aliphatic carbocycles. The molecule has 2 N–H and O–H groups in total. The maximum Gasteiger partial charge on any atom is 0.297 e. The fraction of sp³-hybridized carbons (Fsp3) is 0.417. The number of benzene rings is 1. The molecule has 2 rings (SSSR count). The van der Waals surface area contributed by atoms with E-state index < -0.39 is 0 Å². The molecule has 0 radical (unpaired) electrons. The summed E-state index contributed by atoms with van der Waals surface area (Å²) in [5, 5.41) is 0. The zero-order valence-corrected chi connectivity index (χ0v) is 10.1. The summed E-state index contributed by atoms with van der Waals surface area (Å²) in [7, 11) is 1.65. The van der Waals surface area contributed by atoms with Crippen molar-refractivity contribution in [2.75, 3.05) is 20.3 Å². The number of hydrogen-bond donors (Lipinski definition) is 1. The number of aromatic nitrogens is 2. The first-order valence-corrected chi connectivity index (χ1v) is 5.67. The maximum atomic E-state index is 5.61. The van der Waals surface area contributed by atoms with Crippen LogP contribution in [0.4, 0.5) is 0 Å². The Morgan fingerprint density at radius 3 is 2.88 bits per heavy atom. The van der Waals surface area contributed by atoms with E-state index >= 15 is 0 Å². The van der Waals surface area contributed by atoms with Crippen molar-refractivity contribution in [2.24, 2.45) is 5.73 Å². The van der Waals surface area contributed by atoms with Gasteiger partial charge in [0.2, 0.25) is 0 Å². The van der Waals surface area contributed by atoms with E-state index in [1.807, 2.05) is 29.7 Å². The highest BCUT2D eigenvalue weighted by Gasteiger charge is 2.11. The van der Waals surface area contributed by atoms with E-state index in [9.17, 15) is 0 Å². The van der Waals surface area contributed by atoms with Crippen LogP contribution in [0.5, 0.6) is 11.8 Å². The molecule has 0 fully saturated rings. The Labute approximate surface area is 100 Å². The van der Waals surface area contributed by atoms with Crippen LogP contribution < -0.4 is 15.2 Å². The third-order valence-corrected chi connectivity index (χ3v) is 2.55. The van der Waals surface area contributed by atoms with Crippen molar-refractivity contribution in [3.8, 4) is 11.8 Å². The van der Waals surface area contributed by atoms with Gasteiger partial charge in [-0.3, -0.25) is 4.57 Å². The summed E-state index contributed by atoms with van der Waals surface area (Å²) in [6, 6.07) is 6.36. The molecule has 0 spiro atoms. The largest absolute Gasteiger partial charge is 0.497 e. The fourth-order valence-electron chi connectivity index (χ4n) is 1.79. The summed E-state index contributed by atoms with van der Waals surface area (Å²) in [5.41, 5.74) is 7.49. The first-order chi connectivity index (χ1) is 8.30. The topological polar surface area (TPSA) is 62.3 Å². The van der Waals surface area contributed by atoms with Gasteiger partial charge in [0.1, 0.15) is 5.75 Å². The highest BCUT2D eigenvalue weighted by molar-refractivity contribution is 5.78. The Bertz CT molecular complexity index is 508. The van der Waals surface area contributed by atoms with Gasteiger partial charge in [-0.2, -0.15) is 4.98 Å². The van der Waals surface area contributed by atoms with Crippen LogP contribution in [0.15, 0.2) is 18.2 Å². The highest BCUT2D eigenvalue weighted by Crippen LogP contribution is 2.25. The number of imidazole rings is 1. The molecule has 1 heterocycles. The van der Waals surface area contributed by atoms with Crippen LogP contribution in [0.3, 0.4) is 0 Å². The number of hydrogen-bond acceptors (Lipinski definition) is 4. The molecule has 0 unspecified atom stereocenters. The molecule has 17 heavy (non-hydrogen) atoms. The van der Waals surface area contributed by atoms with Crippen LogP contribution in [-0.4, -0.2) is 29.8 Å². The van der Waals surface area contributed by atoms with Crippen molar-refractivity contribution in [3.63, 3.8) is 0 Å². The summed E-state index contributed by atoms with van der Waals surface area (Å²) >= 11 is 0. The molecule has 1 aromatic heterocycles. The number of nitrogens with two attached hydrogens (primary N) is 1. The Balaban J connectivity index is 2.55. The summed E-state index contributed by atoms with van der Waals surface area (Å²) in [6.07, 6.45) is 0. The summed E-state index contributed by atoms with van der Waals surface area (Å²) in [4.78, 5) is 4.43. The fourth-order valence-corrected chi connectivity index (χ4v) is 1.79. The molecule has 0 saturated heterocycles. The molecular formula is C12H17N3O2. The van der Waals surface area contributed by atoms with Gasteiger partial charge in [0.05, 0.1) is 24.8 Å². The van der Waals surface area contributed by atoms with Crippen LogP contribution in [0, 0.1) is 0 Å². The van der Waals surface area contributed by atoms with Crippen molar-refractivity contribution < 1.29 is 9.47 Å². The lowest BCUT2D eigenvalue weighted by Crippen LogP contribution is -2.11. The minimum absolute atomic E-state index is 0.544. The molecule has 0 saturated carbocycles. The van der Waals surface area contributed by atoms with Crippen molar-refractivity contribution >= 4 is 11.0 Å². The number of nitrogens with zero attached hydrogens (tertiary/aromatic N) is 2. The second-order valence-corrected chi connectivity index (χ2v) is 3.62. The van der Waals surface area contributed by atoms with Crippen molar-refractivity contribution in [3.05, 3.63) is 18.2 Å². The quantitative estimate of drug-likeness (QED) is 0.851. The zero-order valence-electron chi connectivity index (χ0n) is 10.1. The molecular weight excluding hydrogens is 218 g/mol. The normalized spacial score (nSPS) is 10.8. The summed E-state index contributed by atoms with van der Waals surface area (Å²) < 4.78 is 12.7. The first kappa shape index (κ1) is 11.7. The standard InChI is InChI=1S/C12H17N3O2/c1-3-17-12-14-10-5-4-9(16-2)8-11(10)15(12)7-6-13/h4-5,8H,3,6-7,13H2,1-2H3. The number of rotatable bonds is 5. The average Bonchev–Trinajstić information content (AvgIpc) is 2.68. The van der Waals surface area contributed by atoms with E-state index in [1.54, 1.807) is 7.11 Å². The third-order valence-electron chi connectivity index (χ3n) is 2.55. The molecule has 0 bridgehead atoms. The molecule has 2 aromatic rings. The van der Waals surface area contributed by atoms with Crippen LogP contribution in [0.25, 0.3) is 11.0 Å². The molecule has 0 atom stereocenters. The van der Waals surface area contributed by atoms with Crippen LogP contribution in [0.2, 0.25) is 0 Å². The SMILES string of the molecule is CCOc1nc2ccc(OC)cc2n1CCN. The maximum absolute atomic E-state index is 5.61. The van der Waals surface area contributed by atoms with E-state index in [0.717, 1.165) is 16.8 Å². The van der Waals surface area contributed by atoms with E-state index in [1.165, 1.54) is 0 Å². The van der Waals surface area contributed by atoms with Crippen LogP contribution in [-0.2, 0) is 6.54 Å². The number of fused-ring (bicyclic) bond motifs is 1. The minimum Gasteiger partial charge on any atom is -0.497 e. The Hall–Kier alpha value is -1.75. The van der Waals surface area contributed by atoms with E-state index in [2.05, 4.69) is 4.98 Å². The molecule has 0 amide bonds. The van der Waals surface area contributed by atoms with Gasteiger partial charge in [-0.15, -0.1) is 0 Å². The zero-order chi connectivity index (χ0) is 12.3. The van der Waals surface area contributed by atoms with Gasteiger partial charge >= 0.3 is 0 Å². The van der Waals surface area contributed by atoms with E-state index in [0.29, 0.717) is 25.7 Å². The number of ether oxygens (including phenoxy) is 2. The predicted molar refractivity (Wildman–Crippen MR) is 66.5 cm³/mol. The van der Waals surface area contributed by atoms with E-state index in [4.69, 9.17) is 15.2 Å². The monoisotopic (exact) mass is 235 g/mol. The summed E-state index contributed by atoms with van der Waals surface area (Å²) in [6.45, 7) is 3.75. The first-order valence-electron chi connectivity index (χ1n) is 5.67. The van der Waals surface area contributed by atoms with Crippen molar-refractivity contribution in [1.29, 1.82) is 0 Å². The third kappa shape index (κ3) is 2.19. The smallest absolute Gasteiger partial charge is 0.297 e. The van der Waals surface area contributed by atoms with E-state index in [-0.39, 0.29) is 0 Å². The number of methoxy groups -OCH3 is 1. The van der Waals surface area contributed by atoms with Crippen LogP contribution in [0.1, 0.15) is 6.92 Å². The van der Waals surface area contributed by atoms with Gasteiger partial charge < -0.3 is 15.2 Å². The molecule has 5 heteroatoms. The minimum atomic E-state index is 0.544. The van der Waals surface area contributed by atoms with Gasteiger partial charge in [-0.25, -0.2) is 0 Å². The second-order valence-electron chi connectivity index (χ2n) is 3.62. The van der Waals surface area contributed by atoms with Crippen LogP contribution >= 0.6 is 0 Å². The molecule has 0 aliphatic heterocycles. The molecule has 5 nitrogen and oxygen atoms in total. The second kappa shape index (κ2) is 5.05. The highest BCUT2D eigenvalue weighted by atomic mass is 16.5. The van der Waals surface area contributed by atoms with Gasteiger partial charge in [0.25, 0.3) is 6.01 Å². The molecule has 0 aliphatic rings. The Morgan fingerprint density at radius 1 is 1.41 bits per heavy atom. The van der Waals surface area contributed by atoms with Gasteiger partial charge in [0, 0.05) is 19.2 Å². The molecule has 92 valence electrons. The predicted octanol–water partition coefficient (Wildman–Crippen LogP) is 1.40. The van der Waals surface area contributed by atoms with Gasteiger partial charge in [-0.05, 0) is 19.1 Å². The molecule has 1 aromatic carbocycles. The lowest BCUT2D eigenvalue weighted by Gasteiger charge is -2.07. The van der Waals surface area contributed by atoms with Crippen molar-refractivity contribution in [1.82, 2.24) is 9.55 Å². The lowest BCUT2D eigenvalue weighted by atomic mass is 10.3. The van der Waals surface area contributed by atoms with Crippen molar-refractivity contribution in [2.45, 2.75) is 13.5 Å². The Kier molecular flexibility index (Phi) is 3.49. The lowest BCUT2D eigenvalue weighted by molar-refractivity contribution is 0.299. The Morgan fingerprint density at radius 2 is 2.24 bits per heavy atom. The van der Waals surface area contributed by atoms with Gasteiger partial charge in [0.15, 0.2) is 0 Å².